The van der Waals surface area contributed by atoms with Crippen molar-refractivity contribution in [3.8, 4) is 0 Å². The lowest BCUT2D eigenvalue weighted by Crippen LogP contribution is -2.49. The van der Waals surface area contributed by atoms with Gasteiger partial charge in [0.25, 0.3) is 5.91 Å². The topological polar surface area (TPSA) is 39.7 Å². The molecule has 1 atom stereocenters. The first-order valence-corrected chi connectivity index (χ1v) is 11.6. The van der Waals surface area contributed by atoms with Crippen molar-refractivity contribution in [1.82, 2.24) is 14.8 Å². The maximum absolute atomic E-state index is 13.9. The van der Waals surface area contributed by atoms with E-state index in [9.17, 15) is 13.6 Å². The third-order valence-electron chi connectivity index (χ3n) is 6.80. The second-order valence-electron chi connectivity index (χ2n) is 9.23. The molecule has 0 saturated carbocycles. The molecule has 5 nitrogen and oxygen atoms in total. The predicted octanol–water partition coefficient (Wildman–Crippen LogP) is 4.33. The van der Waals surface area contributed by atoms with Crippen LogP contribution in [0.3, 0.4) is 0 Å². The molecular weight excluding hydrogens is 410 g/mol. The van der Waals surface area contributed by atoms with Crippen molar-refractivity contribution < 1.29 is 13.6 Å². The van der Waals surface area contributed by atoms with Gasteiger partial charge in [-0.25, -0.2) is 13.8 Å². The lowest BCUT2D eigenvalue weighted by atomic mass is 9.95. The summed E-state index contributed by atoms with van der Waals surface area (Å²) in [6.45, 7) is 6.27. The van der Waals surface area contributed by atoms with Crippen LogP contribution in [-0.2, 0) is 6.54 Å². The average molecular weight is 443 g/mol. The van der Waals surface area contributed by atoms with Crippen molar-refractivity contribution in [2.24, 2.45) is 5.92 Å². The Balaban J connectivity index is 1.33. The third kappa shape index (κ3) is 5.09. The summed E-state index contributed by atoms with van der Waals surface area (Å²) in [5.41, 5.74) is 0.548. The molecule has 2 aliphatic rings. The number of halogens is 2. The van der Waals surface area contributed by atoms with Crippen LogP contribution < -0.4 is 4.90 Å². The highest BCUT2D eigenvalue weighted by Crippen LogP contribution is 2.24. The van der Waals surface area contributed by atoms with Crippen LogP contribution in [0.15, 0.2) is 36.5 Å². The van der Waals surface area contributed by atoms with Gasteiger partial charge in [-0.05, 0) is 62.4 Å². The van der Waals surface area contributed by atoms with Gasteiger partial charge >= 0.3 is 0 Å². The fourth-order valence-electron chi connectivity index (χ4n) is 4.91. The van der Waals surface area contributed by atoms with Crippen LogP contribution in [0, 0.1) is 17.6 Å². The predicted molar refractivity (Wildman–Crippen MR) is 122 cm³/mol. The Kier molecular flexibility index (Phi) is 7.04. The van der Waals surface area contributed by atoms with Crippen molar-refractivity contribution in [2.75, 3.05) is 38.1 Å². The molecule has 0 aliphatic carbocycles. The summed E-state index contributed by atoms with van der Waals surface area (Å²) >= 11 is 0. The number of carbonyl (C=O) groups excluding carboxylic acids is 1. The van der Waals surface area contributed by atoms with E-state index in [4.69, 9.17) is 0 Å². The Morgan fingerprint density at radius 1 is 1.09 bits per heavy atom. The Labute approximate surface area is 189 Å². The lowest BCUT2D eigenvalue weighted by Gasteiger charge is -2.41. The highest BCUT2D eigenvalue weighted by atomic mass is 19.1. The number of likely N-dealkylation sites (tertiary alicyclic amines) is 2. The van der Waals surface area contributed by atoms with E-state index in [0.29, 0.717) is 17.4 Å². The van der Waals surface area contributed by atoms with Crippen LogP contribution in [-0.4, -0.2) is 60.0 Å². The molecule has 2 fully saturated rings. The first kappa shape index (κ1) is 22.6. The van der Waals surface area contributed by atoms with Crippen LogP contribution in [0.5, 0.6) is 0 Å². The van der Waals surface area contributed by atoms with Crippen molar-refractivity contribution >= 4 is 11.7 Å². The molecule has 2 saturated heterocycles. The smallest absolute Gasteiger partial charge is 0.255 e. The number of benzene rings is 1. The van der Waals surface area contributed by atoms with Crippen LogP contribution in [0.2, 0.25) is 0 Å². The minimum atomic E-state index is -0.578. The molecule has 172 valence electrons. The number of pyridine rings is 1. The molecule has 0 spiro atoms. The highest BCUT2D eigenvalue weighted by Gasteiger charge is 2.29. The Bertz CT molecular complexity index is 908. The molecule has 0 radical (unpaired) electrons. The summed E-state index contributed by atoms with van der Waals surface area (Å²) in [6, 6.07) is 7.90. The van der Waals surface area contributed by atoms with E-state index >= 15 is 0 Å². The first-order chi connectivity index (χ1) is 15.4. The van der Waals surface area contributed by atoms with E-state index in [1.807, 2.05) is 4.90 Å². The zero-order chi connectivity index (χ0) is 22.7. The molecule has 0 N–H and O–H groups in total. The van der Waals surface area contributed by atoms with Crippen molar-refractivity contribution in [2.45, 2.75) is 45.2 Å². The molecule has 4 rings (SSSR count). The van der Waals surface area contributed by atoms with E-state index in [-0.39, 0.29) is 18.0 Å². The molecule has 1 aromatic heterocycles. The number of anilines is 1. The van der Waals surface area contributed by atoms with E-state index in [1.165, 1.54) is 44.1 Å². The van der Waals surface area contributed by atoms with Crippen LogP contribution >= 0.6 is 0 Å². The second-order valence-corrected chi connectivity index (χ2v) is 9.23. The van der Waals surface area contributed by atoms with Gasteiger partial charge in [0.2, 0.25) is 0 Å². The maximum Gasteiger partial charge on any atom is 0.255 e. The van der Waals surface area contributed by atoms with Gasteiger partial charge in [-0.1, -0.05) is 13.0 Å². The van der Waals surface area contributed by atoms with Gasteiger partial charge in [0.05, 0.1) is 5.56 Å². The lowest BCUT2D eigenvalue weighted by molar-refractivity contribution is 0.0541. The summed E-state index contributed by atoms with van der Waals surface area (Å²) in [6.07, 6.45) is 6.18. The van der Waals surface area contributed by atoms with E-state index in [1.54, 1.807) is 30.3 Å². The average Bonchev–Trinajstić information content (AvgIpc) is 2.81. The molecule has 2 aromatic rings. The van der Waals surface area contributed by atoms with Crippen LogP contribution in [0.4, 0.5) is 14.6 Å². The summed E-state index contributed by atoms with van der Waals surface area (Å²) in [7, 11) is 1.72. The zero-order valence-corrected chi connectivity index (χ0v) is 18.9. The minimum Gasteiger partial charge on any atom is -0.355 e. The number of nitrogens with zero attached hydrogens (tertiary/aromatic N) is 4. The van der Waals surface area contributed by atoms with Crippen molar-refractivity contribution in [3.63, 3.8) is 0 Å². The van der Waals surface area contributed by atoms with Crippen LogP contribution in [0.25, 0.3) is 0 Å². The number of hydrogen-bond donors (Lipinski definition) is 0. The fraction of sp³-hybridized carbons (Fsp3) is 0.520. The standard InChI is InChI=1S/C25H32F2N4O/c1-18-5-4-12-31(16-18)20-10-13-30(14-11-20)25(32)19-8-9-24(28-15-19)29(2)17-21-22(26)6-3-7-23(21)27/h3,6-9,15,18,20H,4-5,10-14,16-17H2,1-2H3. The molecular formula is C25H32F2N4O. The molecule has 1 aromatic carbocycles. The van der Waals surface area contributed by atoms with Gasteiger partial charge in [0.15, 0.2) is 0 Å². The number of rotatable bonds is 5. The Morgan fingerprint density at radius 3 is 2.44 bits per heavy atom. The van der Waals surface area contributed by atoms with Crippen molar-refractivity contribution in [1.29, 1.82) is 0 Å². The van der Waals surface area contributed by atoms with Crippen molar-refractivity contribution in [3.05, 3.63) is 59.3 Å². The molecule has 32 heavy (non-hydrogen) atoms. The van der Waals surface area contributed by atoms with Gasteiger partial charge in [-0.3, -0.25) is 9.69 Å². The molecule has 1 unspecified atom stereocenters. The van der Waals surface area contributed by atoms with Gasteiger partial charge in [-0.2, -0.15) is 0 Å². The van der Waals surface area contributed by atoms with Gasteiger partial charge in [0.1, 0.15) is 17.5 Å². The highest BCUT2D eigenvalue weighted by molar-refractivity contribution is 5.94. The zero-order valence-electron chi connectivity index (χ0n) is 18.9. The first-order valence-electron chi connectivity index (χ1n) is 11.6. The number of hydrogen-bond acceptors (Lipinski definition) is 4. The molecule has 3 heterocycles. The monoisotopic (exact) mass is 442 g/mol. The molecule has 7 heteroatoms. The van der Waals surface area contributed by atoms with Gasteiger partial charge < -0.3 is 9.80 Å². The minimum absolute atomic E-state index is 0.00249. The van der Waals surface area contributed by atoms with Gasteiger partial charge in [0, 0.05) is 51.0 Å². The number of aromatic nitrogens is 1. The van der Waals surface area contributed by atoms with E-state index < -0.39 is 11.6 Å². The number of amides is 1. The second kappa shape index (κ2) is 9.94. The normalized spacial score (nSPS) is 20.4. The summed E-state index contributed by atoms with van der Waals surface area (Å²) in [5.74, 6) is 0.164. The van der Waals surface area contributed by atoms with E-state index in [2.05, 4.69) is 16.8 Å². The summed E-state index contributed by atoms with van der Waals surface area (Å²) in [4.78, 5) is 23.5. The SMILES string of the molecule is CC1CCCN(C2CCN(C(=O)c3ccc(N(C)Cc4c(F)cccc4F)nc3)CC2)C1. The van der Waals surface area contributed by atoms with Crippen LogP contribution in [0.1, 0.15) is 48.5 Å². The molecule has 2 aliphatic heterocycles. The molecule has 0 bridgehead atoms. The molecule has 1 amide bonds. The van der Waals surface area contributed by atoms with Gasteiger partial charge in [-0.15, -0.1) is 0 Å². The van der Waals surface area contributed by atoms with E-state index in [0.717, 1.165) is 31.8 Å². The number of carbonyl (C=O) groups is 1. The largest absolute Gasteiger partial charge is 0.355 e. The maximum atomic E-state index is 13.9. The Hall–Kier alpha value is -2.54. The Morgan fingerprint density at radius 2 is 1.81 bits per heavy atom. The quantitative estimate of drug-likeness (QED) is 0.691. The number of piperidine rings is 2. The fourth-order valence-corrected chi connectivity index (χ4v) is 4.91. The summed E-state index contributed by atoms with van der Waals surface area (Å²) < 4.78 is 27.9. The summed E-state index contributed by atoms with van der Waals surface area (Å²) in [5, 5.41) is 0. The third-order valence-corrected chi connectivity index (χ3v) is 6.80.